The van der Waals surface area contributed by atoms with Crippen molar-refractivity contribution in [2.75, 3.05) is 14.2 Å². The number of ether oxygens (including phenoxy) is 2. The molecule has 2 amide bonds. The average molecular weight is 611 g/mol. The van der Waals surface area contributed by atoms with Gasteiger partial charge in [-0.1, -0.05) is 25.3 Å². The lowest BCUT2D eigenvalue weighted by Gasteiger charge is -2.04. The summed E-state index contributed by atoms with van der Waals surface area (Å²) in [5.74, 6) is -1.19. The number of hydrogen-bond donors (Lipinski definition) is 3. The molecule has 10 heteroatoms. The van der Waals surface area contributed by atoms with Crippen LogP contribution >= 0.6 is 0 Å². The van der Waals surface area contributed by atoms with Gasteiger partial charge in [0, 0.05) is 51.6 Å². The van der Waals surface area contributed by atoms with Gasteiger partial charge >= 0.3 is 11.9 Å². The summed E-state index contributed by atoms with van der Waals surface area (Å²) >= 11 is 0. The number of methoxy groups -OCH3 is 2. The summed E-state index contributed by atoms with van der Waals surface area (Å²) in [6.45, 7) is 15.1. The van der Waals surface area contributed by atoms with Crippen LogP contribution in [0.2, 0.25) is 0 Å². The van der Waals surface area contributed by atoms with Gasteiger partial charge in [-0.05, 0) is 86.6 Å². The first-order valence-corrected chi connectivity index (χ1v) is 14.5. The van der Waals surface area contributed by atoms with Gasteiger partial charge in [-0.25, -0.2) is 4.99 Å². The molecule has 0 atom stereocenters. The van der Waals surface area contributed by atoms with Crippen LogP contribution in [0.1, 0.15) is 60.3 Å². The Hall–Kier alpha value is -5.25. The van der Waals surface area contributed by atoms with Crippen molar-refractivity contribution >= 4 is 47.7 Å². The van der Waals surface area contributed by atoms with Crippen LogP contribution in [0.3, 0.4) is 0 Å². The molecule has 0 saturated carbocycles. The minimum absolute atomic E-state index is 0.167. The van der Waals surface area contributed by atoms with Crippen molar-refractivity contribution in [3.05, 3.63) is 97.6 Å². The van der Waals surface area contributed by atoms with Crippen LogP contribution in [0, 0.1) is 13.8 Å². The molecule has 10 nitrogen and oxygen atoms in total. The number of aromatic amines is 2. The Balaban J connectivity index is 1.92. The molecule has 2 aliphatic rings. The molecule has 0 spiro atoms. The lowest BCUT2D eigenvalue weighted by Crippen LogP contribution is -2.15. The van der Waals surface area contributed by atoms with Crippen molar-refractivity contribution in [1.82, 2.24) is 15.3 Å². The first kappa shape index (κ1) is 32.7. The highest BCUT2D eigenvalue weighted by Crippen LogP contribution is 2.27. The topological polar surface area (TPSA) is 143 Å². The third kappa shape index (κ3) is 6.64. The van der Waals surface area contributed by atoms with Crippen molar-refractivity contribution in [2.45, 2.75) is 53.4 Å². The molecule has 3 N–H and O–H groups in total. The Morgan fingerprint density at radius 3 is 1.96 bits per heavy atom. The fourth-order valence-electron chi connectivity index (χ4n) is 5.54. The molecule has 0 unspecified atom stereocenters. The summed E-state index contributed by atoms with van der Waals surface area (Å²) in [4.78, 5) is 60.1. The lowest BCUT2D eigenvalue weighted by atomic mass is 10.0. The van der Waals surface area contributed by atoms with E-state index in [-0.39, 0.29) is 36.6 Å². The van der Waals surface area contributed by atoms with Gasteiger partial charge in [0.1, 0.15) is 0 Å². The van der Waals surface area contributed by atoms with Crippen molar-refractivity contribution in [3.8, 4) is 0 Å². The molecule has 0 bridgehead atoms. The van der Waals surface area contributed by atoms with E-state index in [2.05, 4.69) is 33.4 Å². The maximum absolute atomic E-state index is 12.4. The smallest absolute Gasteiger partial charge is 0.305 e. The van der Waals surface area contributed by atoms with Crippen LogP contribution in [0.15, 0.2) is 58.3 Å². The molecule has 0 saturated heterocycles. The number of aromatic nitrogens is 2. The highest BCUT2D eigenvalue weighted by atomic mass is 16.5. The molecule has 2 aromatic rings. The van der Waals surface area contributed by atoms with Crippen molar-refractivity contribution in [2.24, 2.45) is 4.99 Å². The quantitative estimate of drug-likeness (QED) is 0.334. The molecular formula is C35H38N4O6. The van der Waals surface area contributed by atoms with E-state index in [0.717, 1.165) is 55.5 Å². The number of allylic oxidation sites excluding steroid dienone is 2. The molecule has 2 aliphatic heterocycles. The number of carbonyl (C=O) groups excluding carboxylic acids is 4. The number of aliphatic imine (C=N–C) groups is 1. The van der Waals surface area contributed by atoms with Crippen molar-refractivity contribution in [3.63, 3.8) is 0 Å². The minimum Gasteiger partial charge on any atom is -0.469 e. The number of H-pyrrole nitrogens is 2. The predicted octanol–water partition coefficient (Wildman–Crippen LogP) is 3.24. The molecule has 45 heavy (non-hydrogen) atoms. The fourth-order valence-corrected chi connectivity index (χ4v) is 5.54. The number of nitrogens with zero attached hydrogens (tertiary/aromatic N) is 1. The molecular weight excluding hydrogens is 572 g/mol. The predicted molar refractivity (Wildman–Crippen MR) is 173 cm³/mol. The van der Waals surface area contributed by atoms with Crippen molar-refractivity contribution in [1.29, 1.82) is 0 Å². The normalized spacial score (nSPS) is 16.6. The highest BCUT2D eigenvalue weighted by molar-refractivity contribution is 6.31. The summed E-state index contributed by atoms with van der Waals surface area (Å²) in [7, 11) is 2.71. The zero-order chi connectivity index (χ0) is 33.0. The van der Waals surface area contributed by atoms with Crippen LogP contribution in [0.25, 0.3) is 18.2 Å². The monoisotopic (exact) mass is 610 g/mol. The largest absolute Gasteiger partial charge is 0.469 e. The molecule has 234 valence electrons. The first-order valence-electron chi connectivity index (χ1n) is 14.5. The SMILES string of the molecule is C=CC1=C(C)C(/C=c2\[nH]c(=Cc3[nH]c(/C=C4\NC(=O)C(C)=C4C=C)c(C)c3CCC(=O)OC)c(CCC(=O)OC)c2C)=NC1=O. The zero-order valence-corrected chi connectivity index (χ0v) is 26.5. The van der Waals surface area contributed by atoms with Gasteiger partial charge in [-0.15, -0.1) is 0 Å². The third-order valence-corrected chi connectivity index (χ3v) is 8.31. The average Bonchev–Trinajstić information content (AvgIpc) is 3.66. The number of nitrogens with one attached hydrogen (secondary N) is 3. The van der Waals surface area contributed by atoms with E-state index in [1.165, 1.54) is 20.3 Å². The van der Waals surface area contributed by atoms with Gasteiger partial charge in [0.2, 0.25) is 0 Å². The number of carbonyl (C=O) groups is 4. The second-order valence-corrected chi connectivity index (χ2v) is 10.9. The van der Waals surface area contributed by atoms with E-state index in [1.54, 1.807) is 13.0 Å². The number of hydrogen-bond acceptors (Lipinski definition) is 6. The van der Waals surface area contributed by atoms with Gasteiger partial charge < -0.3 is 24.8 Å². The standard InChI is InChI=1S/C35H38N4O6/c1-9-22-21(6)34(42)39-29(22)16-27-20(5)25(12-14-33(41)45-8)31(37-27)17-30-24(11-13-32(40)44-7)19(4)26(36-30)15-28-18(3)23(10-2)35(43)38-28/h9-10,15-17,36-37H,1-2,11-14H2,3-8H3,(H,39,42)/b26-15-,29-16-,30-17?. The van der Waals surface area contributed by atoms with E-state index in [4.69, 9.17) is 9.47 Å². The van der Waals surface area contributed by atoms with Gasteiger partial charge in [0.25, 0.3) is 11.8 Å². The maximum Gasteiger partial charge on any atom is 0.305 e. The van der Waals surface area contributed by atoms with Gasteiger partial charge in [0.15, 0.2) is 0 Å². The number of rotatable bonds is 11. The maximum atomic E-state index is 12.4. The Kier molecular flexibility index (Phi) is 9.86. The summed E-state index contributed by atoms with van der Waals surface area (Å²) < 4.78 is 9.80. The zero-order valence-electron chi connectivity index (χ0n) is 26.5. The van der Waals surface area contributed by atoms with E-state index in [0.29, 0.717) is 35.4 Å². The summed E-state index contributed by atoms with van der Waals surface area (Å²) in [5.41, 5.74) is 8.76. The molecule has 2 aromatic heterocycles. The van der Waals surface area contributed by atoms with Crippen LogP contribution < -0.4 is 16.0 Å². The summed E-state index contributed by atoms with van der Waals surface area (Å²) in [5, 5.41) is 4.38. The highest BCUT2D eigenvalue weighted by Gasteiger charge is 2.23. The Labute approximate surface area is 261 Å². The molecule has 0 fully saturated rings. The molecule has 4 rings (SSSR count). The Morgan fingerprint density at radius 2 is 1.38 bits per heavy atom. The van der Waals surface area contributed by atoms with Gasteiger partial charge in [0.05, 0.1) is 25.6 Å². The van der Waals surface area contributed by atoms with E-state index in [9.17, 15) is 19.2 Å². The summed E-state index contributed by atoms with van der Waals surface area (Å²) in [6.07, 6.45) is 9.92. The van der Waals surface area contributed by atoms with Gasteiger partial charge in [-0.2, -0.15) is 0 Å². The van der Waals surface area contributed by atoms with Gasteiger partial charge in [-0.3, -0.25) is 19.2 Å². The Bertz CT molecular complexity index is 1890. The van der Waals surface area contributed by atoms with Crippen LogP contribution in [0.5, 0.6) is 0 Å². The first-order chi connectivity index (χ1) is 21.4. The van der Waals surface area contributed by atoms with Crippen LogP contribution in [-0.2, 0) is 41.5 Å². The summed E-state index contributed by atoms with van der Waals surface area (Å²) in [6, 6.07) is 0. The molecule has 0 aliphatic carbocycles. The second-order valence-electron chi connectivity index (χ2n) is 10.9. The molecule has 0 aromatic carbocycles. The van der Waals surface area contributed by atoms with Crippen LogP contribution in [-0.4, -0.2) is 53.7 Å². The van der Waals surface area contributed by atoms with E-state index < -0.39 is 0 Å². The Morgan fingerprint density at radius 1 is 0.756 bits per heavy atom. The fraction of sp³-hybridized carbons (Fsp3) is 0.286. The molecule has 4 heterocycles. The second kappa shape index (κ2) is 13.6. The van der Waals surface area contributed by atoms with E-state index >= 15 is 0 Å². The van der Waals surface area contributed by atoms with Crippen molar-refractivity contribution < 1.29 is 28.7 Å². The molecule has 0 radical (unpaired) electrons. The minimum atomic E-state index is -0.337. The number of amides is 2. The van der Waals surface area contributed by atoms with E-state index in [1.807, 2.05) is 39.0 Å². The number of esters is 2. The third-order valence-electron chi connectivity index (χ3n) is 8.31. The van der Waals surface area contributed by atoms with Crippen LogP contribution in [0.4, 0.5) is 0 Å². The lowest BCUT2D eigenvalue weighted by molar-refractivity contribution is -0.141.